The summed E-state index contributed by atoms with van der Waals surface area (Å²) in [5, 5.41) is 16.1. The van der Waals surface area contributed by atoms with Crippen molar-refractivity contribution in [1.82, 2.24) is 19.6 Å². The molecule has 4 rings (SSSR count). The number of carbonyl (C=O) groups is 2. The van der Waals surface area contributed by atoms with Crippen LogP contribution >= 0.6 is 0 Å². The Balaban J connectivity index is 1.61. The third kappa shape index (κ3) is 3.36. The fraction of sp³-hybridized carbons (Fsp3) is 0.400. The molecule has 30 heavy (non-hydrogen) atoms. The van der Waals surface area contributed by atoms with Crippen LogP contribution in [-0.4, -0.2) is 57.3 Å². The molecule has 0 radical (unpaired) electrons. The van der Waals surface area contributed by atoms with Crippen LogP contribution in [0, 0.1) is 17.1 Å². The number of hydrogen-bond acceptors (Lipinski definition) is 4. The van der Waals surface area contributed by atoms with Crippen LogP contribution < -0.4 is 5.32 Å². The summed E-state index contributed by atoms with van der Waals surface area (Å²) in [7, 11) is 1.54. The molecule has 2 aliphatic heterocycles. The van der Waals surface area contributed by atoms with E-state index in [0.717, 1.165) is 6.07 Å². The largest absolute Gasteiger partial charge is 0.337 e. The molecule has 0 saturated carbocycles. The Bertz CT molecular complexity index is 1080. The molecule has 2 atom stereocenters. The lowest BCUT2D eigenvalue weighted by molar-refractivity contribution is 0.0766. The number of rotatable bonds is 1. The van der Waals surface area contributed by atoms with Crippen molar-refractivity contribution in [3.8, 4) is 6.07 Å². The Labute approximate surface area is 171 Å². The van der Waals surface area contributed by atoms with Crippen LogP contribution in [0.1, 0.15) is 34.2 Å². The SMILES string of the molecule is CC1Cc2nn3c(c2CN1C(=O)Nc1ccc(F)c(C#N)c1)C(=O)N(C)CC(F)C3. The minimum atomic E-state index is -1.22. The highest BCUT2D eigenvalue weighted by Crippen LogP contribution is 2.29. The van der Waals surface area contributed by atoms with Gasteiger partial charge in [-0.15, -0.1) is 0 Å². The minimum Gasteiger partial charge on any atom is -0.337 e. The molecule has 0 spiro atoms. The molecule has 2 aromatic rings. The fourth-order valence-corrected chi connectivity index (χ4v) is 3.93. The number of benzene rings is 1. The Morgan fingerprint density at radius 1 is 1.37 bits per heavy atom. The number of hydrogen-bond donors (Lipinski definition) is 1. The van der Waals surface area contributed by atoms with Crippen molar-refractivity contribution in [3.05, 3.63) is 46.5 Å². The second kappa shape index (κ2) is 7.40. The van der Waals surface area contributed by atoms with Gasteiger partial charge in [0.05, 0.1) is 30.9 Å². The van der Waals surface area contributed by atoms with E-state index in [1.54, 1.807) is 18.0 Å². The summed E-state index contributed by atoms with van der Waals surface area (Å²) >= 11 is 0. The van der Waals surface area contributed by atoms with Crippen molar-refractivity contribution in [3.63, 3.8) is 0 Å². The summed E-state index contributed by atoms with van der Waals surface area (Å²) in [6.45, 7) is 1.97. The predicted octanol–water partition coefficient (Wildman–Crippen LogP) is 2.30. The number of fused-ring (bicyclic) bond motifs is 3. The van der Waals surface area contributed by atoms with Gasteiger partial charge in [0.15, 0.2) is 0 Å². The average Bonchev–Trinajstić information content (AvgIpc) is 2.98. The topological polar surface area (TPSA) is 94.3 Å². The lowest BCUT2D eigenvalue weighted by atomic mass is 9.99. The smallest absolute Gasteiger partial charge is 0.322 e. The number of alkyl halides is 1. The summed E-state index contributed by atoms with van der Waals surface area (Å²) < 4.78 is 29.1. The van der Waals surface area contributed by atoms with Gasteiger partial charge in [-0.1, -0.05) is 0 Å². The van der Waals surface area contributed by atoms with Crippen molar-refractivity contribution < 1.29 is 18.4 Å². The number of halogens is 2. The zero-order chi connectivity index (χ0) is 21.6. The number of urea groups is 1. The molecule has 0 aliphatic carbocycles. The number of anilines is 1. The van der Waals surface area contributed by atoms with E-state index in [1.165, 1.54) is 21.7 Å². The van der Waals surface area contributed by atoms with Crippen LogP contribution in [0.25, 0.3) is 0 Å². The lowest BCUT2D eigenvalue weighted by Crippen LogP contribution is -2.45. The van der Waals surface area contributed by atoms with Gasteiger partial charge in [0.25, 0.3) is 5.91 Å². The molecule has 1 N–H and O–H groups in total. The molecule has 156 valence electrons. The molecular weight excluding hydrogens is 394 g/mol. The van der Waals surface area contributed by atoms with Crippen molar-refractivity contribution in [2.24, 2.45) is 0 Å². The number of carbonyl (C=O) groups excluding carboxylic acids is 2. The third-order valence-corrected chi connectivity index (χ3v) is 5.47. The Morgan fingerprint density at radius 3 is 2.87 bits per heavy atom. The average molecular weight is 414 g/mol. The highest BCUT2D eigenvalue weighted by molar-refractivity contribution is 5.95. The standard InChI is InChI=1S/C20H20F2N6O2/c1-11-5-17-15(18-19(29)26(2)8-13(21)9-28(18)25-17)10-27(11)20(30)24-14-3-4-16(22)12(6-14)7-23/h3-4,6,11,13H,5,8-10H2,1-2H3,(H,24,30). The van der Waals surface area contributed by atoms with Gasteiger partial charge < -0.3 is 15.1 Å². The van der Waals surface area contributed by atoms with E-state index >= 15 is 0 Å². The quantitative estimate of drug-likeness (QED) is 0.775. The van der Waals surface area contributed by atoms with Gasteiger partial charge >= 0.3 is 6.03 Å². The third-order valence-electron chi connectivity index (χ3n) is 5.47. The molecule has 2 aliphatic rings. The van der Waals surface area contributed by atoms with Crippen LogP contribution in [0.2, 0.25) is 0 Å². The molecular formula is C20H20F2N6O2. The molecule has 1 aromatic carbocycles. The summed E-state index contributed by atoms with van der Waals surface area (Å²) in [6, 6.07) is 4.83. The van der Waals surface area contributed by atoms with Gasteiger partial charge in [-0.3, -0.25) is 9.48 Å². The van der Waals surface area contributed by atoms with Gasteiger partial charge in [-0.25, -0.2) is 13.6 Å². The fourth-order valence-electron chi connectivity index (χ4n) is 3.93. The number of nitrogens with one attached hydrogen (secondary N) is 1. The number of nitriles is 1. The summed E-state index contributed by atoms with van der Waals surface area (Å²) in [5.74, 6) is -0.987. The molecule has 1 aromatic heterocycles. The Morgan fingerprint density at radius 2 is 2.13 bits per heavy atom. The molecule has 8 nitrogen and oxygen atoms in total. The first-order valence-corrected chi connectivity index (χ1v) is 9.53. The molecule has 10 heteroatoms. The van der Waals surface area contributed by atoms with E-state index in [1.807, 2.05) is 6.92 Å². The lowest BCUT2D eigenvalue weighted by Gasteiger charge is -2.33. The van der Waals surface area contributed by atoms with E-state index in [2.05, 4.69) is 10.4 Å². The van der Waals surface area contributed by atoms with Crippen LogP contribution in [0.5, 0.6) is 0 Å². The van der Waals surface area contributed by atoms with E-state index in [-0.39, 0.29) is 37.1 Å². The highest BCUT2D eigenvalue weighted by atomic mass is 19.1. The monoisotopic (exact) mass is 414 g/mol. The second-order valence-corrected chi connectivity index (χ2v) is 7.66. The maximum atomic E-state index is 14.1. The zero-order valence-electron chi connectivity index (χ0n) is 16.5. The van der Waals surface area contributed by atoms with Crippen LogP contribution in [0.3, 0.4) is 0 Å². The summed E-state index contributed by atoms with van der Waals surface area (Å²) in [5.41, 5.74) is 1.74. The van der Waals surface area contributed by atoms with Gasteiger partial charge in [-0.05, 0) is 25.1 Å². The zero-order valence-corrected chi connectivity index (χ0v) is 16.5. The van der Waals surface area contributed by atoms with E-state index in [0.29, 0.717) is 29.1 Å². The number of amides is 3. The molecule has 0 saturated heterocycles. The summed E-state index contributed by atoms with van der Waals surface area (Å²) in [6.07, 6.45) is -0.796. The van der Waals surface area contributed by atoms with Crippen molar-refractivity contribution in [1.29, 1.82) is 5.26 Å². The van der Waals surface area contributed by atoms with Crippen molar-refractivity contribution in [2.45, 2.75) is 38.6 Å². The first-order valence-electron chi connectivity index (χ1n) is 9.53. The first-order chi connectivity index (χ1) is 14.3. The second-order valence-electron chi connectivity index (χ2n) is 7.66. The van der Waals surface area contributed by atoms with E-state index in [4.69, 9.17) is 5.26 Å². The predicted molar refractivity (Wildman–Crippen MR) is 103 cm³/mol. The van der Waals surface area contributed by atoms with Crippen molar-refractivity contribution in [2.75, 3.05) is 18.9 Å². The van der Waals surface area contributed by atoms with E-state index < -0.39 is 18.0 Å². The maximum Gasteiger partial charge on any atom is 0.322 e. The number of nitrogens with zero attached hydrogens (tertiary/aromatic N) is 5. The highest BCUT2D eigenvalue weighted by Gasteiger charge is 2.37. The van der Waals surface area contributed by atoms with Gasteiger partial charge in [0, 0.05) is 30.8 Å². The molecule has 2 unspecified atom stereocenters. The van der Waals surface area contributed by atoms with Gasteiger partial charge in [0.2, 0.25) is 0 Å². The molecule has 0 bridgehead atoms. The maximum absolute atomic E-state index is 14.1. The molecule has 3 amide bonds. The Kier molecular flexibility index (Phi) is 4.89. The van der Waals surface area contributed by atoms with Gasteiger partial charge in [0.1, 0.15) is 23.8 Å². The molecule has 3 heterocycles. The minimum absolute atomic E-state index is 0.00843. The van der Waals surface area contributed by atoms with Crippen LogP contribution in [0.15, 0.2) is 18.2 Å². The van der Waals surface area contributed by atoms with Crippen LogP contribution in [0.4, 0.5) is 19.3 Å². The summed E-state index contributed by atoms with van der Waals surface area (Å²) in [4.78, 5) is 28.5. The first kappa shape index (κ1) is 19.8. The van der Waals surface area contributed by atoms with Crippen molar-refractivity contribution >= 4 is 17.6 Å². The molecule has 0 fully saturated rings. The van der Waals surface area contributed by atoms with Gasteiger partial charge in [-0.2, -0.15) is 10.4 Å². The number of aromatic nitrogens is 2. The van der Waals surface area contributed by atoms with E-state index in [9.17, 15) is 18.4 Å². The normalized spacial score (nSPS) is 20.8. The Hall–Kier alpha value is -3.48. The van der Waals surface area contributed by atoms with Crippen LogP contribution in [-0.2, 0) is 19.5 Å².